The van der Waals surface area contributed by atoms with Gasteiger partial charge in [0.15, 0.2) is 0 Å². The van der Waals surface area contributed by atoms with Gasteiger partial charge in [-0.3, -0.25) is 0 Å². The SMILES string of the molecule is FC(F)(F)C1CCCC(c2nnc(CBr)n2C2CC2)C1. The lowest BCUT2D eigenvalue weighted by molar-refractivity contribution is -0.183. The van der Waals surface area contributed by atoms with E-state index in [1.54, 1.807) is 0 Å². The molecule has 112 valence electrons. The van der Waals surface area contributed by atoms with E-state index in [-0.39, 0.29) is 18.8 Å². The molecule has 0 N–H and O–H groups in total. The molecule has 3 rings (SSSR count). The van der Waals surface area contributed by atoms with Crippen molar-refractivity contribution in [2.75, 3.05) is 0 Å². The van der Waals surface area contributed by atoms with E-state index >= 15 is 0 Å². The van der Waals surface area contributed by atoms with Crippen LogP contribution in [0.4, 0.5) is 13.2 Å². The summed E-state index contributed by atoms with van der Waals surface area (Å²) in [4.78, 5) is 0. The molecule has 1 aromatic heterocycles. The third-order valence-electron chi connectivity index (χ3n) is 4.33. The minimum absolute atomic E-state index is 0.101. The summed E-state index contributed by atoms with van der Waals surface area (Å²) >= 11 is 3.38. The van der Waals surface area contributed by atoms with Crippen molar-refractivity contribution in [2.45, 2.75) is 62.0 Å². The second kappa shape index (κ2) is 5.31. The van der Waals surface area contributed by atoms with Gasteiger partial charge in [0, 0.05) is 12.0 Å². The molecule has 2 fully saturated rings. The molecule has 3 nitrogen and oxygen atoms in total. The second-order valence-corrected chi connectivity index (χ2v) is 6.37. The topological polar surface area (TPSA) is 30.7 Å². The lowest BCUT2D eigenvalue weighted by atomic mass is 9.80. The first-order valence-corrected chi connectivity index (χ1v) is 8.19. The highest BCUT2D eigenvalue weighted by Crippen LogP contribution is 2.45. The molecule has 0 aromatic carbocycles. The predicted molar refractivity (Wildman–Crippen MR) is 71.7 cm³/mol. The van der Waals surface area contributed by atoms with Crippen molar-refractivity contribution in [1.29, 1.82) is 0 Å². The highest BCUT2D eigenvalue weighted by Gasteiger charge is 2.44. The third kappa shape index (κ3) is 2.73. The first-order chi connectivity index (χ1) is 9.50. The molecule has 0 radical (unpaired) electrons. The summed E-state index contributed by atoms with van der Waals surface area (Å²) < 4.78 is 40.9. The van der Waals surface area contributed by atoms with E-state index in [0.29, 0.717) is 17.8 Å². The van der Waals surface area contributed by atoms with E-state index in [4.69, 9.17) is 0 Å². The molecule has 0 saturated heterocycles. The standard InChI is InChI=1S/C13H17BrF3N3/c14-7-11-18-19-12(20(11)10-4-5-10)8-2-1-3-9(6-8)13(15,16)17/h8-10H,1-7H2. The van der Waals surface area contributed by atoms with Crippen LogP contribution in [0, 0.1) is 5.92 Å². The van der Waals surface area contributed by atoms with Gasteiger partial charge < -0.3 is 4.57 Å². The fourth-order valence-electron chi connectivity index (χ4n) is 3.16. The molecule has 7 heteroatoms. The Labute approximate surface area is 124 Å². The quantitative estimate of drug-likeness (QED) is 0.758. The van der Waals surface area contributed by atoms with Crippen LogP contribution in [0.1, 0.15) is 62.1 Å². The van der Waals surface area contributed by atoms with E-state index in [2.05, 4.69) is 30.7 Å². The number of halogens is 4. The molecular weight excluding hydrogens is 335 g/mol. The average molecular weight is 352 g/mol. The monoisotopic (exact) mass is 351 g/mol. The van der Waals surface area contributed by atoms with Gasteiger partial charge in [-0.25, -0.2) is 0 Å². The number of hydrogen-bond acceptors (Lipinski definition) is 2. The minimum atomic E-state index is -4.08. The van der Waals surface area contributed by atoms with Gasteiger partial charge in [0.1, 0.15) is 11.6 Å². The number of hydrogen-bond donors (Lipinski definition) is 0. The summed E-state index contributed by atoms with van der Waals surface area (Å²) in [5.41, 5.74) is 0. The first kappa shape index (κ1) is 14.4. The van der Waals surface area contributed by atoms with Gasteiger partial charge in [-0.1, -0.05) is 22.4 Å². The molecule has 2 atom stereocenters. The molecule has 2 unspecified atom stereocenters. The van der Waals surface area contributed by atoms with Crippen LogP contribution in [0.3, 0.4) is 0 Å². The van der Waals surface area contributed by atoms with Crippen molar-refractivity contribution in [2.24, 2.45) is 5.92 Å². The maximum absolute atomic E-state index is 12.9. The minimum Gasteiger partial charge on any atom is -0.311 e. The van der Waals surface area contributed by atoms with Gasteiger partial charge in [-0.05, 0) is 32.1 Å². The van der Waals surface area contributed by atoms with E-state index in [0.717, 1.165) is 30.9 Å². The predicted octanol–water partition coefficient (Wildman–Crippen LogP) is 4.34. The molecule has 2 saturated carbocycles. The molecule has 1 heterocycles. The Balaban J connectivity index is 1.84. The average Bonchev–Trinajstić information content (AvgIpc) is 3.17. The smallest absolute Gasteiger partial charge is 0.311 e. The maximum Gasteiger partial charge on any atom is 0.391 e. The van der Waals surface area contributed by atoms with E-state index < -0.39 is 12.1 Å². The Bertz CT molecular complexity index is 482. The van der Waals surface area contributed by atoms with Gasteiger partial charge in [0.25, 0.3) is 0 Å². The number of aromatic nitrogens is 3. The number of nitrogens with zero attached hydrogens (tertiary/aromatic N) is 3. The molecular formula is C13H17BrF3N3. The Morgan fingerprint density at radius 3 is 2.50 bits per heavy atom. The zero-order valence-corrected chi connectivity index (χ0v) is 12.6. The Kier molecular flexibility index (Phi) is 3.81. The third-order valence-corrected chi connectivity index (χ3v) is 4.83. The Morgan fingerprint density at radius 1 is 1.15 bits per heavy atom. The zero-order chi connectivity index (χ0) is 14.3. The lowest BCUT2D eigenvalue weighted by Gasteiger charge is -2.30. The van der Waals surface area contributed by atoms with Crippen molar-refractivity contribution in [3.8, 4) is 0 Å². The molecule has 0 bridgehead atoms. The fourth-order valence-corrected chi connectivity index (χ4v) is 3.54. The first-order valence-electron chi connectivity index (χ1n) is 7.07. The summed E-state index contributed by atoms with van der Waals surface area (Å²) in [6.45, 7) is 0. The van der Waals surface area contributed by atoms with Crippen LogP contribution in [0.5, 0.6) is 0 Å². The van der Waals surface area contributed by atoms with Crippen molar-refractivity contribution >= 4 is 15.9 Å². The van der Waals surface area contributed by atoms with E-state index in [1.807, 2.05) is 0 Å². The number of alkyl halides is 4. The van der Waals surface area contributed by atoms with Crippen LogP contribution in [-0.2, 0) is 5.33 Å². The van der Waals surface area contributed by atoms with Crippen LogP contribution < -0.4 is 0 Å². The van der Waals surface area contributed by atoms with Crippen molar-refractivity contribution in [3.63, 3.8) is 0 Å². The van der Waals surface area contributed by atoms with E-state index in [1.165, 1.54) is 0 Å². The molecule has 0 amide bonds. The van der Waals surface area contributed by atoms with Crippen LogP contribution in [-0.4, -0.2) is 20.9 Å². The van der Waals surface area contributed by atoms with Crippen LogP contribution in [0.25, 0.3) is 0 Å². The highest BCUT2D eigenvalue weighted by atomic mass is 79.9. The highest BCUT2D eigenvalue weighted by molar-refractivity contribution is 9.08. The van der Waals surface area contributed by atoms with Crippen molar-refractivity contribution in [1.82, 2.24) is 14.8 Å². The van der Waals surface area contributed by atoms with Gasteiger partial charge in [-0.2, -0.15) is 13.2 Å². The van der Waals surface area contributed by atoms with Gasteiger partial charge in [0.2, 0.25) is 0 Å². The summed E-state index contributed by atoms with van der Waals surface area (Å²) in [7, 11) is 0. The Hall–Kier alpha value is -0.590. The Morgan fingerprint density at radius 2 is 1.90 bits per heavy atom. The van der Waals surface area contributed by atoms with E-state index in [9.17, 15) is 13.2 Å². The zero-order valence-electron chi connectivity index (χ0n) is 11.0. The summed E-state index contributed by atoms with van der Waals surface area (Å²) in [6.07, 6.45) is -0.0858. The van der Waals surface area contributed by atoms with Crippen LogP contribution in [0.15, 0.2) is 0 Å². The summed E-state index contributed by atoms with van der Waals surface area (Å²) in [6, 6.07) is 0.402. The summed E-state index contributed by atoms with van der Waals surface area (Å²) in [5.74, 6) is 0.335. The fraction of sp³-hybridized carbons (Fsp3) is 0.846. The summed E-state index contributed by atoms with van der Waals surface area (Å²) in [5, 5.41) is 8.95. The second-order valence-electron chi connectivity index (χ2n) is 5.81. The molecule has 1 aromatic rings. The van der Waals surface area contributed by atoms with Gasteiger partial charge in [-0.15, -0.1) is 10.2 Å². The molecule has 2 aliphatic carbocycles. The molecule has 20 heavy (non-hydrogen) atoms. The van der Waals surface area contributed by atoms with Crippen molar-refractivity contribution in [3.05, 3.63) is 11.6 Å². The van der Waals surface area contributed by atoms with Crippen LogP contribution in [0.2, 0.25) is 0 Å². The van der Waals surface area contributed by atoms with Crippen molar-refractivity contribution < 1.29 is 13.2 Å². The maximum atomic E-state index is 12.9. The van der Waals surface area contributed by atoms with Crippen LogP contribution >= 0.6 is 15.9 Å². The molecule has 2 aliphatic rings. The van der Waals surface area contributed by atoms with Gasteiger partial charge in [0.05, 0.1) is 11.2 Å². The normalized spacial score (nSPS) is 27.8. The molecule has 0 aliphatic heterocycles. The lowest BCUT2D eigenvalue weighted by Crippen LogP contribution is -2.29. The van der Waals surface area contributed by atoms with Gasteiger partial charge >= 0.3 is 6.18 Å². The largest absolute Gasteiger partial charge is 0.391 e. The molecule has 0 spiro atoms. The number of rotatable bonds is 3.